The minimum atomic E-state index is 0.722. The van der Waals surface area contributed by atoms with Gasteiger partial charge in [-0.15, -0.1) is 11.3 Å². The number of pyridine rings is 1. The van der Waals surface area contributed by atoms with Crippen LogP contribution in [0.4, 0.5) is 5.69 Å². The predicted octanol–water partition coefficient (Wildman–Crippen LogP) is 2.57. The van der Waals surface area contributed by atoms with Gasteiger partial charge in [-0.2, -0.15) is 0 Å². The van der Waals surface area contributed by atoms with Crippen molar-refractivity contribution in [3.63, 3.8) is 0 Å². The fraction of sp³-hybridized carbons (Fsp3) is 0.0833. The second-order valence-electron chi connectivity index (χ2n) is 3.68. The van der Waals surface area contributed by atoms with Crippen LogP contribution in [0.2, 0.25) is 0 Å². The number of imidazole rings is 1. The standard InChI is InChI=1S/C12H11N3S/c13-11-4-1-5-15-8-9(14-12(11)15)7-10-3-2-6-16-10/h1-6,8H,7,13H2. The molecule has 3 heterocycles. The summed E-state index contributed by atoms with van der Waals surface area (Å²) >= 11 is 1.75. The van der Waals surface area contributed by atoms with E-state index in [2.05, 4.69) is 22.5 Å². The molecule has 0 radical (unpaired) electrons. The number of hydrogen-bond acceptors (Lipinski definition) is 3. The highest BCUT2D eigenvalue weighted by Crippen LogP contribution is 2.17. The zero-order valence-electron chi connectivity index (χ0n) is 8.63. The number of aromatic nitrogens is 2. The van der Waals surface area contributed by atoms with Crippen molar-refractivity contribution in [3.05, 3.63) is 52.6 Å². The minimum Gasteiger partial charge on any atom is -0.396 e. The first-order valence-electron chi connectivity index (χ1n) is 5.07. The Balaban J connectivity index is 2.02. The molecular weight excluding hydrogens is 218 g/mol. The Morgan fingerprint density at radius 1 is 1.31 bits per heavy atom. The molecule has 2 N–H and O–H groups in total. The number of nitrogens with two attached hydrogens (primary N) is 1. The highest BCUT2D eigenvalue weighted by molar-refractivity contribution is 7.09. The number of hydrogen-bond donors (Lipinski definition) is 1. The fourth-order valence-corrected chi connectivity index (χ4v) is 2.48. The molecule has 0 aliphatic heterocycles. The van der Waals surface area contributed by atoms with Crippen molar-refractivity contribution in [1.82, 2.24) is 9.38 Å². The third kappa shape index (κ3) is 1.57. The van der Waals surface area contributed by atoms with Gasteiger partial charge in [-0.25, -0.2) is 4.98 Å². The van der Waals surface area contributed by atoms with E-state index in [4.69, 9.17) is 5.73 Å². The Kier molecular flexibility index (Phi) is 2.15. The van der Waals surface area contributed by atoms with E-state index in [1.807, 2.05) is 28.9 Å². The van der Waals surface area contributed by atoms with Gasteiger partial charge in [0.1, 0.15) is 0 Å². The van der Waals surface area contributed by atoms with Crippen LogP contribution in [0.15, 0.2) is 42.0 Å². The van der Waals surface area contributed by atoms with Gasteiger partial charge in [0.05, 0.1) is 11.4 Å². The van der Waals surface area contributed by atoms with Crippen molar-refractivity contribution >= 4 is 22.7 Å². The maximum Gasteiger partial charge on any atom is 0.160 e. The maximum absolute atomic E-state index is 5.86. The van der Waals surface area contributed by atoms with Crippen LogP contribution < -0.4 is 5.73 Å². The predicted molar refractivity (Wildman–Crippen MR) is 66.7 cm³/mol. The van der Waals surface area contributed by atoms with Crippen LogP contribution in [0.5, 0.6) is 0 Å². The maximum atomic E-state index is 5.86. The van der Waals surface area contributed by atoms with Crippen LogP contribution in [-0.4, -0.2) is 9.38 Å². The van der Waals surface area contributed by atoms with E-state index in [0.717, 1.165) is 23.4 Å². The molecule has 0 aromatic carbocycles. The summed E-state index contributed by atoms with van der Waals surface area (Å²) in [5.74, 6) is 0. The number of anilines is 1. The fourth-order valence-electron chi connectivity index (χ4n) is 1.76. The van der Waals surface area contributed by atoms with Gasteiger partial charge in [0.15, 0.2) is 5.65 Å². The van der Waals surface area contributed by atoms with E-state index < -0.39 is 0 Å². The van der Waals surface area contributed by atoms with Crippen LogP contribution in [0.1, 0.15) is 10.6 Å². The monoisotopic (exact) mass is 229 g/mol. The van der Waals surface area contributed by atoms with Crippen molar-refractivity contribution in [1.29, 1.82) is 0 Å². The Morgan fingerprint density at radius 3 is 3.00 bits per heavy atom. The Labute approximate surface area is 97.2 Å². The molecule has 16 heavy (non-hydrogen) atoms. The largest absolute Gasteiger partial charge is 0.396 e. The number of nitrogen functional groups attached to an aromatic ring is 1. The molecule has 3 aromatic rings. The summed E-state index contributed by atoms with van der Waals surface area (Å²) in [5.41, 5.74) is 8.48. The third-order valence-electron chi connectivity index (χ3n) is 2.50. The lowest BCUT2D eigenvalue weighted by Gasteiger charge is -1.94. The Bertz CT molecular complexity index is 610. The average molecular weight is 229 g/mol. The zero-order chi connectivity index (χ0) is 11.0. The normalized spacial score (nSPS) is 11.0. The lowest BCUT2D eigenvalue weighted by Crippen LogP contribution is -1.90. The van der Waals surface area contributed by atoms with Crippen LogP contribution in [0, 0.1) is 0 Å². The first-order valence-corrected chi connectivity index (χ1v) is 5.95. The third-order valence-corrected chi connectivity index (χ3v) is 3.37. The van der Waals surface area contributed by atoms with E-state index in [0.29, 0.717) is 0 Å². The van der Waals surface area contributed by atoms with E-state index in [-0.39, 0.29) is 0 Å². The molecule has 3 aromatic heterocycles. The van der Waals surface area contributed by atoms with Gasteiger partial charge in [-0.3, -0.25) is 0 Å². The molecule has 0 aliphatic rings. The summed E-state index contributed by atoms with van der Waals surface area (Å²) < 4.78 is 1.97. The molecule has 0 fully saturated rings. The van der Waals surface area contributed by atoms with Gasteiger partial charge in [-0.05, 0) is 23.6 Å². The lowest BCUT2D eigenvalue weighted by atomic mass is 10.3. The van der Waals surface area contributed by atoms with Crippen LogP contribution in [0.25, 0.3) is 5.65 Å². The second-order valence-corrected chi connectivity index (χ2v) is 4.72. The van der Waals surface area contributed by atoms with Crippen molar-refractivity contribution in [2.24, 2.45) is 0 Å². The van der Waals surface area contributed by atoms with Crippen molar-refractivity contribution in [2.45, 2.75) is 6.42 Å². The van der Waals surface area contributed by atoms with Gasteiger partial charge >= 0.3 is 0 Å². The highest BCUT2D eigenvalue weighted by atomic mass is 32.1. The zero-order valence-corrected chi connectivity index (χ0v) is 9.45. The molecule has 0 unspecified atom stereocenters. The van der Waals surface area contributed by atoms with Crippen molar-refractivity contribution < 1.29 is 0 Å². The number of thiophene rings is 1. The van der Waals surface area contributed by atoms with E-state index in [9.17, 15) is 0 Å². The molecule has 0 amide bonds. The Hall–Kier alpha value is -1.81. The van der Waals surface area contributed by atoms with Gasteiger partial charge in [0, 0.05) is 23.7 Å². The van der Waals surface area contributed by atoms with Crippen molar-refractivity contribution in [2.75, 3.05) is 5.73 Å². The summed E-state index contributed by atoms with van der Waals surface area (Å²) in [6.45, 7) is 0. The van der Waals surface area contributed by atoms with Crippen LogP contribution >= 0.6 is 11.3 Å². The van der Waals surface area contributed by atoms with E-state index >= 15 is 0 Å². The van der Waals surface area contributed by atoms with E-state index in [1.54, 1.807) is 11.3 Å². The number of nitrogens with zero attached hydrogens (tertiary/aromatic N) is 2. The Morgan fingerprint density at radius 2 is 2.25 bits per heavy atom. The van der Waals surface area contributed by atoms with Crippen LogP contribution in [0.3, 0.4) is 0 Å². The van der Waals surface area contributed by atoms with Gasteiger partial charge in [0.25, 0.3) is 0 Å². The molecule has 0 spiro atoms. The van der Waals surface area contributed by atoms with Gasteiger partial charge in [-0.1, -0.05) is 6.07 Å². The van der Waals surface area contributed by atoms with Gasteiger partial charge in [0.2, 0.25) is 0 Å². The molecular formula is C12H11N3S. The molecule has 0 saturated carbocycles. The molecule has 0 saturated heterocycles. The summed E-state index contributed by atoms with van der Waals surface area (Å²) in [6, 6.07) is 7.98. The molecule has 0 aliphatic carbocycles. The first kappa shape index (κ1) is 9.42. The minimum absolute atomic E-state index is 0.722. The molecule has 80 valence electrons. The molecule has 3 nitrogen and oxygen atoms in total. The lowest BCUT2D eigenvalue weighted by molar-refractivity contribution is 1.14. The SMILES string of the molecule is Nc1cccn2cc(Cc3cccs3)nc12. The second kappa shape index (κ2) is 3.64. The molecule has 0 bridgehead atoms. The molecule has 4 heteroatoms. The van der Waals surface area contributed by atoms with Gasteiger partial charge < -0.3 is 10.1 Å². The molecule has 3 rings (SSSR count). The number of rotatable bonds is 2. The van der Waals surface area contributed by atoms with Crippen molar-refractivity contribution in [3.8, 4) is 0 Å². The first-order chi connectivity index (χ1) is 7.83. The topological polar surface area (TPSA) is 43.3 Å². The number of fused-ring (bicyclic) bond motifs is 1. The summed E-state index contributed by atoms with van der Waals surface area (Å²) in [7, 11) is 0. The van der Waals surface area contributed by atoms with Crippen LogP contribution in [-0.2, 0) is 6.42 Å². The summed E-state index contributed by atoms with van der Waals surface area (Å²) in [6.07, 6.45) is 4.88. The summed E-state index contributed by atoms with van der Waals surface area (Å²) in [5, 5.41) is 2.08. The quantitative estimate of drug-likeness (QED) is 0.734. The average Bonchev–Trinajstić information content (AvgIpc) is 2.88. The summed E-state index contributed by atoms with van der Waals surface area (Å²) in [4.78, 5) is 5.85. The van der Waals surface area contributed by atoms with E-state index in [1.165, 1.54) is 4.88 Å². The highest BCUT2D eigenvalue weighted by Gasteiger charge is 2.05. The smallest absolute Gasteiger partial charge is 0.160 e. The molecule has 0 atom stereocenters.